The van der Waals surface area contributed by atoms with Gasteiger partial charge in [-0.1, -0.05) is 12.8 Å². The van der Waals surface area contributed by atoms with Crippen LogP contribution < -0.4 is 15.8 Å². The topological polar surface area (TPSA) is 116 Å². The SMILES string of the molecule is CCC#CCOc1cnc(C(=O)Cc2ccnc(CNc3cccnc3N)c2)cn1. The summed E-state index contributed by atoms with van der Waals surface area (Å²) >= 11 is 0. The van der Waals surface area contributed by atoms with E-state index in [9.17, 15) is 4.79 Å². The molecule has 0 aromatic carbocycles. The highest BCUT2D eigenvalue weighted by molar-refractivity contribution is 5.95. The average molecular weight is 402 g/mol. The predicted octanol–water partition coefficient (Wildman–Crippen LogP) is 2.68. The van der Waals surface area contributed by atoms with E-state index in [1.807, 2.05) is 19.1 Å². The average Bonchev–Trinajstić information content (AvgIpc) is 2.77. The van der Waals surface area contributed by atoms with E-state index in [-0.39, 0.29) is 24.5 Å². The molecule has 0 unspecified atom stereocenters. The van der Waals surface area contributed by atoms with Gasteiger partial charge in [0.2, 0.25) is 5.88 Å². The third-order valence-electron chi connectivity index (χ3n) is 4.05. The molecule has 0 aliphatic rings. The number of ketones is 1. The predicted molar refractivity (Wildman–Crippen MR) is 114 cm³/mol. The third kappa shape index (κ3) is 6.01. The van der Waals surface area contributed by atoms with Gasteiger partial charge in [0.1, 0.15) is 11.5 Å². The van der Waals surface area contributed by atoms with Crippen molar-refractivity contribution in [3.05, 3.63) is 66.0 Å². The van der Waals surface area contributed by atoms with Crippen molar-refractivity contribution >= 4 is 17.3 Å². The number of Topliss-reactive ketones (excluding diaryl/α,β-unsaturated/α-hetero) is 1. The summed E-state index contributed by atoms with van der Waals surface area (Å²) in [6.45, 7) is 2.67. The van der Waals surface area contributed by atoms with Crippen LogP contribution in [0.2, 0.25) is 0 Å². The number of aromatic nitrogens is 4. The fourth-order valence-corrected chi connectivity index (χ4v) is 2.58. The number of carbonyl (C=O) groups excluding carboxylic acids is 1. The molecule has 0 aliphatic heterocycles. The van der Waals surface area contributed by atoms with E-state index >= 15 is 0 Å². The van der Waals surface area contributed by atoms with Crippen LogP contribution in [-0.2, 0) is 13.0 Å². The van der Waals surface area contributed by atoms with Crippen LogP contribution in [0.25, 0.3) is 0 Å². The maximum atomic E-state index is 12.5. The monoisotopic (exact) mass is 402 g/mol. The van der Waals surface area contributed by atoms with Gasteiger partial charge in [0, 0.05) is 25.2 Å². The number of hydrogen-bond donors (Lipinski definition) is 2. The van der Waals surface area contributed by atoms with Crippen LogP contribution in [0.1, 0.15) is 35.1 Å². The lowest BCUT2D eigenvalue weighted by Crippen LogP contribution is -2.09. The number of anilines is 2. The summed E-state index contributed by atoms with van der Waals surface area (Å²) in [5.41, 5.74) is 8.46. The maximum Gasteiger partial charge on any atom is 0.233 e. The number of hydrogen-bond acceptors (Lipinski definition) is 8. The summed E-state index contributed by atoms with van der Waals surface area (Å²) in [4.78, 5) is 29.2. The van der Waals surface area contributed by atoms with Crippen LogP contribution in [0.15, 0.2) is 49.1 Å². The van der Waals surface area contributed by atoms with Crippen LogP contribution in [-0.4, -0.2) is 32.3 Å². The molecule has 0 saturated carbocycles. The van der Waals surface area contributed by atoms with Gasteiger partial charge in [0.15, 0.2) is 12.4 Å². The largest absolute Gasteiger partial charge is 0.463 e. The standard InChI is InChI=1S/C22H22N6O2/c1-2-3-4-10-30-21-15-27-19(14-28-21)20(29)12-16-7-9-24-17(11-16)13-26-18-6-5-8-25-22(18)23/h5-9,11,14-15,26H,2,10,12-13H2,1H3,(H2,23,25). The van der Waals surface area contributed by atoms with Crippen molar-refractivity contribution in [2.45, 2.75) is 26.3 Å². The molecular formula is C22H22N6O2. The number of nitrogens with zero attached hydrogens (tertiary/aromatic N) is 4. The summed E-state index contributed by atoms with van der Waals surface area (Å²) < 4.78 is 5.36. The Labute approximate surface area is 175 Å². The van der Waals surface area contributed by atoms with Gasteiger partial charge >= 0.3 is 0 Å². The van der Waals surface area contributed by atoms with Crippen LogP contribution in [0.5, 0.6) is 5.88 Å². The molecule has 3 heterocycles. The van der Waals surface area contributed by atoms with Crippen molar-refractivity contribution in [3.8, 4) is 17.7 Å². The first-order valence-corrected chi connectivity index (χ1v) is 9.47. The Hall–Kier alpha value is -3.99. The lowest BCUT2D eigenvalue weighted by Gasteiger charge is -2.09. The van der Waals surface area contributed by atoms with Crippen LogP contribution in [0.4, 0.5) is 11.5 Å². The Bertz CT molecular complexity index is 1060. The van der Waals surface area contributed by atoms with Crippen LogP contribution >= 0.6 is 0 Å². The zero-order chi connectivity index (χ0) is 21.2. The van der Waals surface area contributed by atoms with Crippen LogP contribution in [0, 0.1) is 11.8 Å². The molecule has 3 rings (SSSR count). The van der Waals surface area contributed by atoms with Gasteiger partial charge in [-0.3, -0.25) is 9.78 Å². The van der Waals surface area contributed by atoms with Gasteiger partial charge in [-0.2, -0.15) is 0 Å². The summed E-state index contributed by atoms with van der Waals surface area (Å²) in [5, 5.41) is 3.19. The van der Waals surface area contributed by atoms with E-state index in [4.69, 9.17) is 10.5 Å². The van der Waals surface area contributed by atoms with E-state index < -0.39 is 0 Å². The lowest BCUT2D eigenvalue weighted by molar-refractivity contribution is 0.0987. The fraction of sp³-hybridized carbons (Fsp3) is 0.227. The Kier molecular flexibility index (Phi) is 7.28. The van der Waals surface area contributed by atoms with Crippen molar-refractivity contribution in [1.82, 2.24) is 19.9 Å². The molecular weight excluding hydrogens is 380 g/mol. The number of nitrogens with two attached hydrogens (primary N) is 1. The van der Waals surface area contributed by atoms with Gasteiger partial charge in [-0.15, -0.1) is 5.92 Å². The molecule has 3 N–H and O–H groups in total. The second-order valence-corrected chi connectivity index (χ2v) is 6.28. The Morgan fingerprint density at radius 2 is 2.03 bits per heavy atom. The molecule has 3 aromatic rings. The number of rotatable bonds is 8. The first kappa shape index (κ1) is 20.7. The number of ether oxygens (including phenoxy) is 1. The van der Waals surface area contributed by atoms with Gasteiger partial charge in [0.05, 0.1) is 30.3 Å². The lowest BCUT2D eigenvalue weighted by atomic mass is 10.1. The van der Waals surface area contributed by atoms with Crippen molar-refractivity contribution in [2.75, 3.05) is 17.7 Å². The molecule has 0 saturated heterocycles. The second kappa shape index (κ2) is 10.5. The Balaban J connectivity index is 1.57. The molecule has 0 bridgehead atoms. The molecule has 0 aliphatic carbocycles. The summed E-state index contributed by atoms with van der Waals surface area (Å²) in [7, 11) is 0. The molecule has 0 atom stereocenters. The number of carbonyl (C=O) groups is 1. The molecule has 8 nitrogen and oxygen atoms in total. The minimum atomic E-state index is -0.138. The molecule has 0 radical (unpaired) electrons. The van der Waals surface area contributed by atoms with E-state index in [0.717, 1.165) is 23.4 Å². The smallest absolute Gasteiger partial charge is 0.233 e. The highest BCUT2D eigenvalue weighted by Crippen LogP contribution is 2.15. The Morgan fingerprint density at radius 1 is 1.13 bits per heavy atom. The molecule has 152 valence electrons. The maximum absolute atomic E-state index is 12.5. The van der Waals surface area contributed by atoms with Gasteiger partial charge in [-0.25, -0.2) is 15.0 Å². The minimum absolute atomic E-state index is 0.138. The molecule has 8 heteroatoms. The van der Waals surface area contributed by atoms with E-state index in [2.05, 4.69) is 37.1 Å². The second-order valence-electron chi connectivity index (χ2n) is 6.28. The summed E-state index contributed by atoms with van der Waals surface area (Å²) in [6.07, 6.45) is 7.12. The number of pyridine rings is 2. The number of nitrogens with one attached hydrogen (secondary N) is 1. The molecule has 3 aromatic heterocycles. The quantitative estimate of drug-likeness (QED) is 0.436. The first-order valence-electron chi connectivity index (χ1n) is 9.47. The van der Waals surface area contributed by atoms with Crippen molar-refractivity contribution in [1.29, 1.82) is 0 Å². The highest BCUT2D eigenvalue weighted by Gasteiger charge is 2.11. The zero-order valence-corrected chi connectivity index (χ0v) is 16.6. The minimum Gasteiger partial charge on any atom is -0.463 e. The highest BCUT2D eigenvalue weighted by atomic mass is 16.5. The van der Waals surface area contributed by atoms with Crippen molar-refractivity contribution in [3.63, 3.8) is 0 Å². The zero-order valence-electron chi connectivity index (χ0n) is 16.6. The fourth-order valence-electron chi connectivity index (χ4n) is 2.58. The normalized spacial score (nSPS) is 10.0. The van der Waals surface area contributed by atoms with Gasteiger partial charge in [-0.05, 0) is 29.8 Å². The number of nitrogen functional groups attached to an aromatic ring is 1. The molecule has 30 heavy (non-hydrogen) atoms. The Morgan fingerprint density at radius 3 is 2.80 bits per heavy atom. The van der Waals surface area contributed by atoms with E-state index in [1.165, 1.54) is 12.4 Å². The molecule has 0 amide bonds. The molecule has 0 fully saturated rings. The van der Waals surface area contributed by atoms with Gasteiger partial charge in [0.25, 0.3) is 0 Å². The first-order chi connectivity index (χ1) is 14.7. The van der Waals surface area contributed by atoms with Gasteiger partial charge < -0.3 is 15.8 Å². The van der Waals surface area contributed by atoms with Crippen molar-refractivity contribution in [2.24, 2.45) is 0 Å². The summed E-state index contributed by atoms with van der Waals surface area (Å²) in [5.74, 6) is 6.38. The van der Waals surface area contributed by atoms with Crippen LogP contribution in [0.3, 0.4) is 0 Å². The molecule has 0 spiro atoms. The third-order valence-corrected chi connectivity index (χ3v) is 4.05. The summed E-state index contributed by atoms with van der Waals surface area (Å²) in [6, 6.07) is 7.32. The van der Waals surface area contributed by atoms with Crippen molar-refractivity contribution < 1.29 is 9.53 Å². The van der Waals surface area contributed by atoms with E-state index in [0.29, 0.717) is 18.2 Å². The van der Waals surface area contributed by atoms with E-state index in [1.54, 1.807) is 24.5 Å².